The van der Waals surface area contributed by atoms with E-state index in [-0.39, 0.29) is 19.0 Å². The van der Waals surface area contributed by atoms with Gasteiger partial charge in [0.05, 0.1) is 19.4 Å². The minimum absolute atomic E-state index is 0.159. The molecule has 21 heavy (non-hydrogen) atoms. The van der Waals surface area contributed by atoms with E-state index in [1.165, 1.54) is 11.1 Å². The van der Waals surface area contributed by atoms with Crippen molar-refractivity contribution in [3.63, 3.8) is 0 Å². The van der Waals surface area contributed by atoms with Crippen LogP contribution < -0.4 is 10.6 Å². The van der Waals surface area contributed by atoms with E-state index in [0.29, 0.717) is 12.3 Å². The minimum Gasteiger partial charge on any atom is -0.467 e. The van der Waals surface area contributed by atoms with Crippen molar-refractivity contribution >= 4 is 23.3 Å². The number of rotatable bonds is 6. The Balaban J connectivity index is 1.67. The molecule has 2 N–H and O–H groups in total. The highest BCUT2D eigenvalue weighted by molar-refractivity contribution is 7.09. The molecule has 6 nitrogen and oxygen atoms in total. The number of hydrogen-bond donors (Lipinski definition) is 2. The third-order valence-electron chi connectivity index (χ3n) is 2.68. The second-order valence-electron chi connectivity index (χ2n) is 4.56. The lowest BCUT2D eigenvalue weighted by atomic mass is 10.4. The molecular weight excluding hydrogens is 290 g/mol. The van der Waals surface area contributed by atoms with E-state index in [4.69, 9.17) is 4.42 Å². The van der Waals surface area contributed by atoms with Crippen molar-refractivity contribution in [2.24, 2.45) is 0 Å². The lowest BCUT2D eigenvalue weighted by Gasteiger charge is -2.14. The fourth-order valence-corrected chi connectivity index (χ4v) is 2.54. The molecule has 2 aromatic rings. The summed E-state index contributed by atoms with van der Waals surface area (Å²) < 4.78 is 5.08. The van der Waals surface area contributed by atoms with Gasteiger partial charge in [0, 0.05) is 11.4 Å². The highest BCUT2D eigenvalue weighted by Crippen LogP contribution is 2.10. The fourth-order valence-electron chi connectivity index (χ4n) is 1.76. The lowest BCUT2D eigenvalue weighted by molar-refractivity contribution is -0.120. The molecule has 0 saturated heterocycles. The van der Waals surface area contributed by atoms with Crippen molar-refractivity contribution in [1.82, 2.24) is 15.5 Å². The molecule has 2 rings (SSSR count). The van der Waals surface area contributed by atoms with E-state index in [1.54, 1.807) is 23.5 Å². The van der Waals surface area contributed by atoms with Crippen LogP contribution in [0, 0.1) is 0 Å². The fraction of sp³-hybridized carbons (Fsp3) is 0.286. The van der Waals surface area contributed by atoms with Crippen molar-refractivity contribution in [2.45, 2.75) is 13.1 Å². The average molecular weight is 307 g/mol. The predicted molar refractivity (Wildman–Crippen MR) is 79.7 cm³/mol. The molecule has 0 atom stereocenters. The zero-order chi connectivity index (χ0) is 15.1. The van der Waals surface area contributed by atoms with Crippen LogP contribution in [-0.2, 0) is 17.9 Å². The number of urea groups is 1. The van der Waals surface area contributed by atoms with Gasteiger partial charge in [0.25, 0.3) is 0 Å². The smallest absolute Gasteiger partial charge is 0.321 e. The number of nitrogens with one attached hydrogen (secondary N) is 2. The summed E-state index contributed by atoms with van der Waals surface area (Å²) in [6.07, 6.45) is 1.53. The average Bonchev–Trinajstić information content (AvgIpc) is 3.08. The summed E-state index contributed by atoms with van der Waals surface area (Å²) in [6.45, 7) is 1.09. The Morgan fingerprint density at radius 1 is 1.33 bits per heavy atom. The number of carbonyl (C=O) groups excluding carboxylic acids is 2. The molecule has 2 heterocycles. The second-order valence-corrected chi connectivity index (χ2v) is 5.59. The molecule has 2 aromatic heterocycles. The van der Waals surface area contributed by atoms with Crippen LogP contribution in [0.25, 0.3) is 0 Å². The molecule has 112 valence electrons. The molecule has 0 saturated carbocycles. The Morgan fingerprint density at radius 3 is 2.86 bits per heavy atom. The van der Waals surface area contributed by atoms with Crippen molar-refractivity contribution < 1.29 is 14.0 Å². The number of carbonyl (C=O) groups is 2. The molecule has 0 radical (unpaired) electrons. The van der Waals surface area contributed by atoms with Crippen LogP contribution in [0.5, 0.6) is 0 Å². The normalized spacial score (nSPS) is 10.6. The summed E-state index contributed by atoms with van der Waals surface area (Å²) in [5.74, 6) is 0.290. The second kappa shape index (κ2) is 7.61. The Morgan fingerprint density at radius 2 is 2.19 bits per heavy atom. The van der Waals surface area contributed by atoms with Crippen molar-refractivity contribution in [2.75, 3.05) is 13.6 Å². The van der Waals surface area contributed by atoms with Crippen molar-refractivity contribution in [1.29, 1.82) is 0 Å². The summed E-state index contributed by atoms with van der Waals surface area (Å²) in [7, 11) is 1.83. The van der Waals surface area contributed by atoms with E-state index in [9.17, 15) is 9.59 Å². The largest absolute Gasteiger partial charge is 0.467 e. The summed E-state index contributed by atoms with van der Waals surface area (Å²) in [5.41, 5.74) is 0. The maximum atomic E-state index is 11.7. The van der Waals surface area contributed by atoms with Gasteiger partial charge in [-0.05, 0) is 30.6 Å². The predicted octanol–water partition coefficient (Wildman–Crippen LogP) is 1.80. The first-order valence-electron chi connectivity index (χ1n) is 6.44. The molecule has 0 aliphatic heterocycles. The van der Waals surface area contributed by atoms with E-state index in [2.05, 4.69) is 10.6 Å². The number of likely N-dealkylation sites (N-methyl/N-ethyl adjacent to an activating group) is 1. The van der Waals surface area contributed by atoms with Gasteiger partial charge in [-0.3, -0.25) is 15.0 Å². The number of furan rings is 1. The molecular formula is C14H17N3O3S. The lowest BCUT2D eigenvalue weighted by Crippen LogP contribution is -2.43. The number of hydrogen-bond acceptors (Lipinski definition) is 5. The first-order valence-corrected chi connectivity index (χ1v) is 7.32. The van der Waals surface area contributed by atoms with Crippen LogP contribution in [0.3, 0.4) is 0 Å². The van der Waals surface area contributed by atoms with Crippen LogP contribution in [-0.4, -0.2) is 30.4 Å². The molecule has 7 heteroatoms. The number of imide groups is 1. The summed E-state index contributed by atoms with van der Waals surface area (Å²) in [6, 6.07) is 6.93. The topological polar surface area (TPSA) is 74.6 Å². The van der Waals surface area contributed by atoms with E-state index in [0.717, 1.165) is 0 Å². The van der Waals surface area contributed by atoms with E-state index < -0.39 is 6.03 Å². The third-order valence-corrected chi connectivity index (χ3v) is 3.54. The van der Waals surface area contributed by atoms with Gasteiger partial charge in [-0.1, -0.05) is 6.07 Å². The number of amides is 3. The molecule has 3 amide bonds. The van der Waals surface area contributed by atoms with Crippen LogP contribution in [0.4, 0.5) is 4.79 Å². The van der Waals surface area contributed by atoms with Crippen LogP contribution in [0.1, 0.15) is 10.6 Å². The minimum atomic E-state index is -0.527. The third kappa shape index (κ3) is 5.41. The van der Waals surface area contributed by atoms with Gasteiger partial charge in [0.2, 0.25) is 5.91 Å². The Bertz CT molecular complexity index is 566. The molecule has 0 unspecified atom stereocenters. The van der Waals surface area contributed by atoms with E-state index in [1.807, 2.05) is 29.5 Å². The highest BCUT2D eigenvalue weighted by Gasteiger charge is 2.11. The molecule has 0 aliphatic carbocycles. The summed E-state index contributed by atoms with van der Waals surface area (Å²) >= 11 is 1.64. The highest BCUT2D eigenvalue weighted by atomic mass is 32.1. The van der Waals surface area contributed by atoms with Crippen LogP contribution in [0.2, 0.25) is 0 Å². The van der Waals surface area contributed by atoms with Gasteiger partial charge in [0.15, 0.2) is 0 Å². The Hall–Kier alpha value is -2.12. The Kier molecular flexibility index (Phi) is 5.53. The van der Waals surface area contributed by atoms with Gasteiger partial charge < -0.3 is 9.73 Å². The maximum absolute atomic E-state index is 11.7. The quantitative estimate of drug-likeness (QED) is 0.853. The van der Waals surface area contributed by atoms with Gasteiger partial charge >= 0.3 is 6.03 Å². The molecule has 0 aromatic carbocycles. The van der Waals surface area contributed by atoms with Gasteiger partial charge in [-0.25, -0.2) is 4.79 Å². The standard InChI is InChI=1S/C14H17N3O3S/c1-17(9-12-5-3-7-21-12)10-13(18)16-14(19)15-8-11-4-2-6-20-11/h2-7H,8-10H2,1H3,(H2,15,16,18,19). The van der Waals surface area contributed by atoms with Crippen LogP contribution >= 0.6 is 11.3 Å². The van der Waals surface area contributed by atoms with Gasteiger partial charge in [-0.15, -0.1) is 11.3 Å². The first-order chi connectivity index (χ1) is 10.1. The molecule has 0 fully saturated rings. The summed E-state index contributed by atoms with van der Waals surface area (Å²) in [5, 5.41) is 6.83. The molecule has 0 aliphatic rings. The van der Waals surface area contributed by atoms with Gasteiger partial charge in [0.1, 0.15) is 5.76 Å². The maximum Gasteiger partial charge on any atom is 0.321 e. The Labute approximate surface area is 126 Å². The number of thiophene rings is 1. The van der Waals surface area contributed by atoms with Crippen LogP contribution in [0.15, 0.2) is 40.3 Å². The van der Waals surface area contributed by atoms with E-state index >= 15 is 0 Å². The zero-order valence-corrected chi connectivity index (χ0v) is 12.5. The molecule has 0 spiro atoms. The first kappa shape index (κ1) is 15.3. The van der Waals surface area contributed by atoms with Crippen molar-refractivity contribution in [3.8, 4) is 0 Å². The summed E-state index contributed by atoms with van der Waals surface area (Å²) in [4.78, 5) is 26.3. The zero-order valence-electron chi connectivity index (χ0n) is 11.7. The number of nitrogens with zero attached hydrogens (tertiary/aromatic N) is 1. The monoisotopic (exact) mass is 307 g/mol. The van der Waals surface area contributed by atoms with Crippen molar-refractivity contribution in [3.05, 3.63) is 46.5 Å². The SMILES string of the molecule is CN(CC(=O)NC(=O)NCc1ccco1)Cc1cccs1. The van der Waals surface area contributed by atoms with Gasteiger partial charge in [-0.2, -0.15) is 0 Å². The molecule has 0 bridgehead atoms.